The van der Waals surface area contributed by atoms with Gasteiger partial charge < -0.3 is 30.9 Å². The van der Waals surface area contributed by atoms with E-state index in [0.29, 0.717) is 18.6 Å². The van der Waals surface area contributed by atoms with Gasteiger partial charge in [0.1, 0.15) is 17.8 Å². The van der Waals surface area contributed by atoms with Gasteiger partial charge in [0.2, 0.25) is 23.6 Å². The number of rotatable bonds is 3. The Labute approximate surface area is 237 Å². The van der Waals surface area contributed by atoms with Gasteiger partial charge in [0.25, 0.3) is 5.91 Å². The summed E-state index contributed by atoms with van der Waals surface area (Å²) in [5.74, 6) is -0.809. The molecule has 11 nitrogen and oxygen atoms in total. The Morgan fingerprint density at radius 2 is 1.73 bits per heavy atom. The molecule has 2 aliphatic rings. The molecule has 2 atom stereocenters. The number of likely N-dealkylation sites (N-methyl/N-ethyl adjacent to an activating group) is 1. The van der Waals surface area contributed by atoms with Crippen LogP contribution in [0.2, 0.25) is 0 Å². The van der Waals surface area contributed by atoms with Crippen LogP contribution in [0.15, 0.2) is 24.3 Å². The monoisotopic (exact) mass is 559 g/mol. The Balaban J connectivity index is 2.20. The first-order valence-electron chi connectivity index (χ1n) is 13.9. The number of amides is 5. The Morgan fingerprint density at radius 3 is 2.35 bits per heavy atom. The van der Waals surface area contributed by atoms with Crippen LogP contribution >= 0.6 is 0 Å². The molecule has 40 heavy (non-hydrogen) atoms. The predicted octanol–water partition coefficient (Wildman–Crippen LogP) is 1.15. The second-order valence-electron chi connectivity index (χ2n) is 11.7. The van der Waals surface area contributed by atoms with Crippen molar-refractivity contribution in [2.75, 3.05) is 33.3 Å². The van der Waals surface area contributed by atoms with Crippen LogP contribution < -0.4 is 26.0 Å². The second-order valence-corrected chi connectivity index (χ2v) is 11.7. The molecule has 0 radical (unpaired) electrons. The van der Waals surface area contributed by atoms with Crippen LogP contribution in [-0.4, -0.2) is 79.8 Å². The molecule has 5 amide bonds. The van der Waals surface area contributed by atoms with E-state index in [0.717, 1.165) is 5.56 Å². The molecule has 0 fully saturated rings. The highest BCUT2D eigenvalue weighted by Gasteiger charge is 2.28. The maximum Gasteiger partial charge on any atom is 0.258 e. The summed E-state index contributed by atoms with van der Waals surface area (Å²) in [7, 11) is 1.63. The SMILES string of the molecule is CC(C)C[C@@H]1NC(=O)CCCNC(=O)[C@@H](NC(=O)C(C)(C)C)Cc2ccc(cc2)OCC(=O)NCCN(C)C1=O. The number of ether oxygens (including phenoxy) is 1. The summed E-state index contributed by atoms with van der Waals surface area (Å²) in [5.41, 5.74) is 0.117. The van der Waals surface area contributed by atoms with Crippen LogP contribution in [0, 0.1) is 11.3 Å². The fourth-order valence-electron chi connectivity index (χ4n) is 4.02. The lowest BCUT2D eigenvalue weighted by Gasteiger charge is -2.26. The van der Waals surface area contributed by atoms with Crippen molar-refractivity contribution >= 4 is 29.5 Å². The summed E-state index contributed by atoms with van der Waals surface area (Å²) in [6.07, 6.45) is 1.22. The molecule has 0 aliphatic carbocycles. The first kappa shape index (κ1) is 32.6. The number of hydrogen-bond donors (Lipinski definition) is 4. The zero-order valence-corrected chi connectivity index (χ0v) is 24.6. The highest BCUT2D eigenvalue weighted by molar-refractivity contribution is 5.90. The average molecular weight is 560 g/mol. The fraction of sp³-hybridized carbons (Fsp3) is 0.621. The highest BCUT2D eigenvalue weighted by atomic mass is 16.5. The lowest BCUT2D eigenvalue weighted by atomic mass is 9.94. The van der Waals surface area contributed by atoms with Gasteiger partial charge in [-0.15, -0.1) is 0 Å². The highest BCUT2D eigenvalue weighted by Crippen LogP contribution is 2.16. The minimum absolute atomic E-state index is 0.127. The van der Waals surface area contributed by atoms with E-state index in [2.05, 4.69) is 21.3 Å². The van der Waals surface area contributed by atoms with Gasteiger partial charge in [0, 0.05) is 44.9 Å². The summed E-state index contributed by atoms with van der Waals surface area (Å²) >= 11 is 0. The number of nitrogens with one attached hydrogen (secondary N) is 4. The molecular formula is C29H45N5O6. The summed E-state index contributed by atoms with van der Waals surface area (Å²) < 4.78 is 5.57. The third kappa shape index (κ3) is 11.2. The molecular weight excluding hydrogens is 514 g/mol. The molecule has 222 valence electrons. The van der Waals surface area contributed by atoms with Crippen molar-refractivity contribution in [3.8, 4) is 5.75 Å². The third-order valence-corrected chi connectivity index (χ3v) is 6.40. The molecule has 0 spiro atoms. The quantitative estimate of drug-likeness (QED) is 0.409. The predicted molar refractivity (Wildman–Crippen MR) is 151 cm³/mol. The van der Waals surface area contributed by atoms with Crippen molar-refractivity contribution < 1.29 is 28.7 Å². The van der Waals surface area contributed by atoms with Gasteiger partial charge in [0.05, 0.1) is 0 Å². The van der Waals surface area contributed by atoms with E-state index in [9.17, 15) is 24.0 Å². The van der Waals surface area contributed by atoms with E-state index in [1.54, 1.807) is 52.1 Å². The van der Waals surface area contributed by atoms with E-state index >= 15 is 0 Å². The van der Waals surface area contributed by atoms with Crippen molar-refractivity contribution in [1.29, 1.82) is 0 Å². The van der Waals surface area contributed by atoms with Gasteiger partial charge in [0.15, 0.2) is 6.61 Å². The van der Waals surface area contributed by atoms with E-state index in [-0.39, 0.29) is 74.5 Å². The smallest absolute Gasteiger partial charge is 0.258 e. The average Bonchev–Trinajstić information content (AvgIpc) is 2.87. The van der Waals surface area contributed by atoms with Gasteiger partial charge in [-0.2, -0.15) is 0 Å². The molecule has 0 aromatic heterocycles. The Morgan fingerprint density at radius 1 is 1.05 bits per heavy atom. The Kier molecular flexibility index (Phi) is 12.4. The minimum atomic E-state index is -0.820. The van der Waals surface area contributed by atoms with E-state index in [4.69, 9.17) is 4.74 Å². The van der Waals surface area contributed by atoms with E-state index in [1.807, 2.05) is 13.8 Å². The van der Waals surface area contributed by atoms with Crippen LogP contribution in [-0.2, 0) is 30.4 Å². The number of nitrogens with zero attached hydrogens (tertiary/aromatic N) is 1. The lowest BCUT2D eigenvalue weighted by Crippen LogP contribution is -2.51. The molecule has 0 saturated carbocycles. The first-order valence-corrected chi connectivity index (χ1v) is 13.9. The maximum atomic E-state index is 13.1. The zero-order chi connectivity index (χ0) is 29.9. The minimum Gasteiger partial charge on any atom is -0.484 e. The van der Waals surface area contributed by atoms with Gasteiger partial charge >= 0.3 is 0 Å². The van der Waals surface area contributed by atoms with Crippen molar-refractivity contribution in [2.45, 2.75) is 72.4 Å². The number of carbonyl (C=O) groups is 5. The Bertz CT molecular complexity index is 1030. The largest absolute Gasteiger partial charge is 0.484 e. The van der Waals surface area contributed by atoms with Crippen LogP contribution in [0.3, 0.4) is 0 Å². The summed E-state index contributed by atoms with van der Waals surface area (Å²) in [6.45, 7) is 9.82. The summed E-state index contributed by atoms with van der Waals surface area (Å²) in [5, 5.41) is 11.2. The molecule has 2 aliphatic heterocycles. The van der Waals surface area contributed by atoms with E-state index < -0.39 is 17.5 Å². The van der Waals surface area contributed by atoms with Crippen LogP contribution in [0.25, 0.3) is 0 Å². The fourth-order valence-corrected chi connectivity index (χ4v) is 4.02. The molecule has 4 N–H and O–H groups in total. The molecule has 0 saturated heterocycles. The van der Waals surface area contributed by atoms with Crippen LogP contribution in [0.4, 0.5) is 0 Å². The first-order chi connectivity index (χ1) is 18.8. The number of hydrogen-bond acceptors (Lipinski definition) is 6. The van der Waals surface area contributed by atoms with Gasteiger partial charge in [-0.25, -0.2) is 0 Å². The topological polar surface area (TPSA) is 146 Å². The van der Waals surface area contributed by atoms with Crippen molar-refractivity contribution in [1.82, 2.24) is 26.2 Å². The van der Waals surface area contributed by atoms with Crippen LogP contribution in [0.1, 0.15) is 59.4 Å². The second kappa shape index (κ2) is 15.2. The van der Waals surface area contributed by atoms with Crippen molar-refractivity contribution in [2.24, 2.45) is 11.3 Å². The molecule has 11 heteroatoms. The molecule has 2 heterocycles. The third-order valence-electron chi connectivity index (χ3n) is 6.40. The normalized spacial score (nSPS) is 20.9. The van der Waals surface area contributed by atoms with Gasteiger partial charge in [-0.1, -0.05) is 46.8 Å². The van der Waals surface area contributed by atoms with Gasteiger partial charge in [-0.3, -0.25) is 24.0 Å². The molecule has 1 aromatic carbocycles. The standard InChI is InChI=1S/C29H45N5O6/c1-19(2)16-23-27(38)34(6)15-14-30-25(36)18-40-21-11-9-20(10-12-21)17-22(33-28(39)29(3,4)5)26(37)31-13-7-8-24(35)32-23/h9-12,19,22-23H,7-8,13-18H2,1-6H3,(H,30,36)(H,31,37)(H,32,35)(H,33,39)/t22-,23-/m0/s1. The molecule has 0 unspecified atom stereocenters. The maximum absolute atomic E-state index is 13.1. The molecule has 3 rings (SSSR count). The lowest BCUT2D eigenvalue weighted by molar-refractivity contribution is -0.136. The molecule has 2 bridgehead atoms. The number of fused-ring (bicyclic) bond motifs is 19. The summed E-state index contributed by atoms with van der Waals surface area (Å²) in [4.78, 5) is 65.2. The van der Waals surface area contributed by atoms with Crippen LogP contribution in [0.5, 0.6) is 5.75 Å². The summed E-state index contributed by atoms with van der Waals surface area (Å²) in [6, 6.07) is 5.45. The Hall–Kier alpha value is -3.63. The van der Waals surface area contributed by atoms with Crippen molar-refractivity contribution in [3.05, 3.63) is 29.8 Å². The molecule has 1 aromatic rings. The number of benzene rings is 1. The number of carbonyl (C=O) groups excluding carboxylic acids is 5. The van der Waals surface area contributed by atoms with Crippen molar-refractivity contribution in [3.63, 3.8) is 0 Å². The van der Waals surface area contributed by atoms with E-state index in [1.165, 1.54) is 4.90 Å². The zero-order valence-electron chi connectivity index (χ0n) is 24.6. The van der Waals surface area contributed by atoms with Gasteiger partial charge in [-0.05, 0) is 36.5 Å².